The first-order chi connectivity index (χ1) is 7.25. The van der Waals surface area contributed by atoms with E-state index < -0.39 is 36.5 Å². The number of rotatable bonds is 5. The molecule has 0 fully saturated rings. The van der Waals surface area contributed by atoms with Crippen molar-refractivity contribution >= 4 is 12.2 Å². The molecular formula is C8H16N2O6. The van der Waals surface area contributed by atoms with Gasteiger partial charge in [0.2, 0.25) is 0 Å². The smallest absolute Gasteiger partial charge is 0.404 e. The van der Waals surface area contributed by atoms with E-state index in [4.69, 9.17) is 10.2 Å². The van der Waals surface area contributed by atoms with Gasteiger partial charge < -0.3 is 31.1 Å². The number of aliphatic hydroxyl groups excluding tert-OH is 2. The first kappa shape index (κ1) is 14.5. The van der Waals surface area contributed by atoms with Crippen LogP contribution in [0.1, 0.15) is 13.8 Å². The highest BCUT2D eigenvalue weighted by Gasteiger charge is 2.29. The third kappa shape index (κ3) is 4.80. The van der Waals surface area contributed by atoms with Crippen molar-refractivity contribution in [1.29, 1.82) is 0 Å². The van der Waals surface area contributed by atoms with Crippen molar-refractivity contribution in [3.8, 4) is 0 Å². The van der Waals surface area contributed by atoms with Crippen LogP contribution in [0.15, 0.2) is 0 Å². The summed E-state index contributed by atoms with van der Waals surface area (Å²) in [5, 5.41) is 39.7. The highest BCUT2D eigenvalue weighted by Crippen LogP contribution is 2.04. The van der Waals surface area contributed by atoms with Gasteiger partial charge in [0.1, 0.15) is 12.2 Å². The Labute approximate surface area is 91.9 Å². The van der Waals surface area contributed by atoms with E-state index >= 15 is 0 Å². The van der Waals surface area contributed by atoms with Crippen molar-refractivity contribution in [2.45, 2.75) is 38.1 Å². The molecule has 0 bridgehead atoms. The maximum absolute atomic E-state index is 10.3. The molecule has 2 amide bonds. The van der Waals surface area contributed by atoms with Crippen LogP contribution in [0.25, 0.3) is 0 Å². The molecule has 0 heterocycles. The molecular weight excluding hydrogens is 220 g/mol. The lowest BCUT2D eigenvalue weighted by Gasteiger charge is -2.27. The van der Waals surface area contributed by atoms with Crippen LogP contribution >= 0.6 is 0 Å². The maximum atomic E-state index is 10.3. The third-order valence-electron chi connectivity index (χ3n) is 2.08. The Bertz CT molecular complexity index is 233. The SMILES string of the molecule is CC(NC(=O)O)C(O)C(O)C(C)NC(=O)O. The van der Waals surface area contributed by atoms with Crippen LogP contribution in [0.2, 0.25) is 0 Å². The van der Waals surface area contributed by atoms with Crippen LogP contribution in [-0.4, -0.2) is 56.9 Å². The molecule has 0 aliphatic heterocycles. The standard InChI is InChI=1S/C8H16N2O6/c1-3(9-7(13)14)5(11)6(12)4(2)10-8(15)16/h3-6,9-12H,1-2H3,(H,13,14)(H,15,16). The van der Waals surface area contributed by atoms with Crippen LogP contribution in [-0.2, 0) is 0 Å². The first-order valence-corrected chi connectivity index (χ1v) is 4.60. The van der Waals surface area contributed by atoms with Crippen LogP contribution in [0, 0.1) is 0 Å². The summed E-state index contributed by atoms with van der Waals surface area (Å²) in [5.74, 6) is 0. The largest absolute Gasteiger partial charge is 0.465 e. The van der Waals surface area contributed by atoms with Crippen molar-refractivity contribution in [2.24, 2.45) is 0 Å². The monoisotopic (exact) mass is 236 g/mol. The Morgan fingerprint density at radius 1 is 0.875 bits per heavy atom. The molecule has 0 aromatic carbocycles. The number of hydrogen-bond donors (Lipinski definition) is 6. The molecule has 0 aliphatic rings. The summed E-state index contributed by atoms with van der Waals surface area (Å²) in [4.78, 5) is 20.5. The number of amides is 2. The zero-order valence-electron chi connectivity index (χ0n) is 8.91. The quantitative estimate of drug-likeness (QED) is 0.362. The van der Waals surface area contributed by atoms with E-state index in [9.17, 15) is 19.8 Å². The van der Waals surface area contributed by atoms with Crippen molar-refractivity contribution < 1.29 is 30.0 Å². The predicted molar refractivity (Wildman–Crippen MR) is 53.3 cm³/mol. The van der Waals surface area contributed by atoms with Crippen LogP contribution in [0.4, 0.5) is 9.59 Å². The van der Waals surface area contributed by atoms with Crippen molar-refractivity contribution in [3.63, 3.8) is 0 Å². The summed E-state index contributed by atoms with van der Waals surface area (Å²) < 4.78 is 0. The van der Waals surface area contributed by atoms with E-state index in [2.05, 4.69) is 0 Å². The number of aliphatic hydroxyl groups is 2. The lowest BCUT2D eigenvalue weighted by molar-refractivity contribution is -0.0154. The second-order valence-electron chi connectivity index (χ2n) is 3.46. The molecule has 8 nitrogen and oxygen atoms in total. The van der Waals surface area contributed by atoms with Crippen LogP contribution < -0.4 is 10.6 Å². The van der Waals surface area contributed by atoms with Crippen molar-refractivity contribution in [1.82, 2.24) is 10.6 Å². The number of carbonyl (C=O) groups is 2. The lowest BCUT2D eigenvalue weighted by atomic mass is 10.0. The number of nitrogens with one attached hydrogen (secondary N) is 2. The minimum atomic E-state index is -1.40. The molecule has 0 aromatic rings. The van der Waals surface area contributed by atoms with Crippen molar-refractivity contribution in [3.05, 3.63) is 0 Å². The van der Waals surface area contributed by atoms with Gasteiger partial charge in [-0.15, -0.1) is 0 Å². The summed E-state index contributed by atoms with van der Waals surface area (Å²) in [6.07, 6.45) is -5.48. The molecule has 0 saturated carbocycles. The van der Waals surface area contributed by atoms with Gasteiger partial charge in [-0.05, 0) is 13.8 Å². The second-order valence-corrected chi connectivity index (χ2v) is 3.46. The van der Waals surface area contributed by atoms with Crippen LogP contribution in [0.5, 0.6) is 0 Å². The predicted octanol–water partition coefficient (Wildman–Crippen LogP) is -0.980. The Kier molecular flexibility index (Phi) is 5.54. The van der Waals surface area contributed by atoms with Gasteiger partial charge in [0.15, 0.2) is 0 Å². The minimum absolute atomic E-state index is 0.912. The lowest BCUT2D eigenvalue weighted by Crippen LogP contribution is -2.53. The maximum Gasteiger partial charge on any atom is 0.404 e. The Morgan fingerprint density at radius 3 is 1.31 bits per heavy atom. The van der Waals surface area contributed by atoms with Gasteiger partial charge in [-0.2, -0.15) is 0 Å². The average Bonchev–Trinajstić information content (AvgIpc) is 2.13. The van der Waals surface area contributed by atoms with Crippen molar-refractivity contribution in [2.75, 3.05) is 0 Å². The zero-order valence-corrected chi connectivity index (χ0v) is 8.91. The highest BCUT2D eigenvalue weighted by molar-refractivity contribution is 5.65. The third-order valence-corrected chi connectivity index (χ3v) is 2.08. The van der Waals surface area contributed by atoms with E-state index in [0.717, 1.165) is 0 Å². The van der Waals surface area contributed by atoms with Gasteiger partial charge in [0.05, 0.1) is 12.1 Å². The van der Waals surface area contributed by atoms with E-state index in [1.807, 2.05) is 10.6 Å². The fourth-order valence-corrected chi connectivity index (χ4v) is 1.15. The highest BCUT2D eigenvalue weighted by atomic mass is 16.4. The summed E-state index contributed by atoms with van der Waals surface area (Å²) in [5.41, 5.74) is 0. The summed E-state index contributed by atoms with van der Waals surface area (Å²) in [7, 11) is 0. The second kappa shape index (κ2) is 6.13. The molecule has 0 radical (unpaired) electrons. The molecule has 0 saturated heterocycles. The van der Waals surface area contributed by atoms with Gasteiger partial charge in [0, 0.05) is 0 Å². The summed E-state index contributed by atoms with van der Waals surface area (Å²) in [6.45, 7) is 2.71. The summed E-state index contributed by atoms with van der Waals surface area (Å²) >= 11 is 0. The average molecular weight is 236 g/mol. The Balaban J connectivity index is 4.29. The number of carboxylic acid groups (broad SMARTS) is 2. The van der Waals surface area contributed by atoms with E-state index in [1.54, 1.807) is 0 Å². The van der Waals surface area contributed by atoms with Crippen LogP contribution in [0.3, 0.4) is 0 Å². The molecule has 94 valence electrons. The molecule has 0 rings (SSSR count). The molecule has 16 heavy (non-hydrogen) atoms. The number of hydrogen-bond acceptors (Lipinski definition) is 4. The molecule has 0 aromatic heterocycles. The fraction of sp³-hybridized carbons (Fsp3) is 0.750. The fourth-order valence-electron chi connectivity index (χ4n) is 1.15. The molecule has 8 heteroatoms. The zero-order chi connectivity index (χ0) is 12.9. The summed E-state index contributed by atoms with van der Waals surface area (Å²) in [6, 6.07) is -1.82. The van der Waals surface area contributed by atoms with E-state index in [-0.39, 0.29) is 0 Å². The van der Waals surface area contributed by atoms with Gasteiger partial charge in [-0.3, -0.25) is 0 Å². The molecule has 6 N–H and O–H groups in total. The van der Waals surface area contributed by atoms with E-state index in [1.165, 1.54) is 13.8 Å². The topological polar surface area (TPSA) is 139 Å². The Hall–Kier alpha value is -1.54. The normalized spacial score (nSPS) is 18.0. The minimum Gasteiger partial charge on any atom is -0.465 e. The Morgan fingerprint density at radius 2 is 1.12 bits per heavy atom. The molecule has 4 unspecified atom stereocenters. The van der Waals surface area contributed by atoms with Gasteiger partial charge >= 0.3 is 12.2 Å². The van der Waals surface area contributed by atoms with Gasteiger partial charge in [-0.25, -0.2) is 9.59 Å². The van der Waals surface area contributed by atoms with Gasteiger partial charge in [-0.1, -0.05) is 0 Å². The van der Waals surface area contributed by atoms with E-state index in [0.29, 0.717) is 0 Å². The molecule has 0 spiro atoms. The molecule has 0 aliphatic carbocycles. The molecule has 4 atom stereocenters. The van der Waals surface area contributed by atoms with Gasteiger partial charge in [0.25, 0.3) is 0 Å². The first-order valence-electron chi connectivity index (χ1n) is 4.60.